The number of urea groups is 1. The van der Waals surface area contributed by atoms with Gasteiger partial charge in [0.1, 0.15) is 11.5 Å². The molecule has 1 heterocycles. The van der Waals surface area contributed by atoms with Crippen LogP contribution in [0.4, 0.5) is 4.79 Å². The molecule has 0 bridgehead atoms. The molecular weight excluding hydrogens is 254 g/mol. The quantitative estimate of drug-likeness (QED) is 0.922. The van der Waals surface area contributed by atoms with Crippen molar-refractivity contribution in [1.29, 1.82) is 0 Å². The molecule has 2 rings (SSSR count). The zero-order valence-electron chi connectivity index (χ0n) is 12.9. The highest BCUT2D eigenvalue weighted by molar-refractivity contribution is 5.74. The maximum Gasteiger partial charge on any atom is 0.317 e. The Morgan fingerprint density at radius 2 is 2.05 bits per heavy atom. The van der Waals surface area contributed by atoms with Crippen molar-refractivity contribution in [2.24, 2.45) is 5.92 Å². The molecule has 1 aliphatic rings. The van der Waals surface area contributed by atoms with E-state index in [0.717, 1.165) is 24.3 Å². The highest BCUT2D eigenvalue weighted by Gasteiger charge is 2.22. The highest BCUT2D eigenvalue weighted by atomic mass is 16.5. The van der Waals surface area contributed by atoms with E-state index < -0.39 is 0 Å². The third-order valence-electron chi connectivity index (χ3n) is 4.12. The van der Waals surface area contributed by atoms with Gasteiger partial charge >= 0.3 is 6.03 Å². The molecule has 0 aliphatic heterocycles. The molecule has 1 N–H and O–H groups in total. The summed E-state index contributed by atoms with van der Waals surface area (Å²) in [6.07, 6.45) is 4.35. The second-order valence-corrected chi connectivity index (χ2v) is 6.08. The van der Waals surface area contributed by atoms with Crippen LogP contribution in [0.15, 0.2) is 4.52 Å². The van der Waals surface area contributed by atoms with Crippen molar-refractivity contribution >= 4 is 6.03 Å². The van der Waals surface area contributed by atoms with Gasteiger partial charge in [-0.15, -0.1) is 0 Å². The number of aryl methyl sites for hydroxylation is 1. The van der Waals surface area contributed by atoms with Gasteiger partial charge in [0, 0.05) is 25.1 Å². The van der Waals surface area contributed by atoms with Crippen LogP contribution in [0.2, 0.25) is 0 Å². The molecule has 1 aromatic heterocycles. The predicted molar refractivity (Wildman–Crippen MR) is 77.4 cm³/mol. The van der Waals surface area contributed by atoms with Crippen LogP contribution in [0.25, 0.3) is 0 Å². The fraction of sp³-hybridized carbons (Fsp3) is 0.733. The molecule has 0 spiro atoms. The van der Waals surface area contributed by atoms with Crippen LogP contribution >= 0.6 is 0 Å². The molecule has 0 aromatic carbocycles. The topological polar surface area (TPSA) is 58.4 Å². The first-order valence-corrected chi connectivity index (χ1v) is 7.47. The Balaban J connectivity index is 1.95. The highest BCUT2D eigenvalue weighted by Crippen LogP contribution is 2.24. The molecule has 1 aromatic rings. The first-order chi connectivity index (χ1) is 9.49. The number of carbonyl (C=O) groups is 1. The first-order valence-electron chi connectivity index (χ1n) is 7.47. The number of hydrogen-bond acceptors (Lipinski definition) is 3. The van der Waals surface area contributed by atoms with Crippen LogP contribution in [-0.4, -0.2) is 29.2 Å². The van der Waals surface area contributed by atoms with Crippen molar-refractivity contribution < 1.29 is 9.32 Å². The number of amides is 2. The van der Waals surface area contributed by atoms with E-state index in [2.05, 4.69) is 24.3 Å². The average molecular weight is 279 g/mol. The zero-order valence-corrected chi connectivity index (χ0v) is 12.9. The molecule has 0 radical (unpaired) electrons. The standard InChI is InChI=1S/C15H25N3O2/c1-10(2)11(3)16-15(19)18(4)9-13-12-7-5-6-8-14(12)20-17-13/h10-11H,5-9H2,1-4H3,(H,16,19)/t11-/m1/s1. The minimum absolute atomic E-state index is 0.0567. The van der Waals surface area contributed by atoms with E-state index in [-0.39, 0.29) is 12.1 Å². The van der Waals surface area contributed by atoms with Crippen molar-refractivity contribution in [1.82, 2.24) is 15.4 Å². The number of nitrogens with one attached hydrogen (secondary N) is 1. The van der Waals surface area contributed by atoms with Crippen LogP contribution < -0.4 is 5.32 Å². The molecule has 1 atom stereocenters. The minimum atomic E-state index is -0.0567. The van der Waals surface area contributed by atoms with Gasteiger partial charge in [-0.05, 0) is 32.1 Å². The fourth-order valence-corrected chi connectivity index (χ4v) is 2.34. The van der Waals surface area contributed by atoms with E-state index in [1.165, 1.54) is 18.4 Å². The van der Waals surface area contributed by atoms with Gasteiger partial charge in [0.2, 0.25) is 0 Å². The Labute approximate surface area is 120 Å². The predicted octanol–water partition coefficient (Wildman–Crippen LogP) is 2.74. The zero-order chi connectivity index (χ0) is 14.7. The molecule has 0 unspecified atom stereocenters. The number of nitrogens with zero attached hydrogens (tertiary/aromatic N) is 2. The van der Waals surface area contributed by atoms with Crippen molar-refractivity contribution in [3.05, 3.63) is 17.0 Å². The summed E-state index contributed by atoms with van der Waals surface area (Å²) in [4.78, 5) is 13.8. The van der Waals surface area contributed by atoms with E-state index in [0.29, 0.717) is 12.5 Å². The van der Waals surface area contributed by atoms with Crippen LogP contribution in [0.5, 0.6) is 0 Å². The van der Waals surface area contributed by atoms with Gasteiger partial charge in [-0.25, -0.2) is 4.79 Å². The smallest absolute Gasteiger partial charge is 0.317 e. The van der Waals surface area contributed by atoms with Gasteiger partial charge in [-0.3, -0.25) is 0 Å². The molecule has 0 saturated carbocycles. The van der Waals surface area contributed by atoms with Crippen LogP contribution in [0, 0.1) is 5.92 Å². The number of carbonyl (C=O) groups excluding carboxylic acids is 1. The Kier molecular flexibility index (Phi) is 4.68. The van der Waals surface area contributed by atoms with Gasteiger partial charge in [0.15, 0.2) is 0 Å². The molecule has 112 valence electrons. The van der Waals surface area contributed by atoms with E-state index in [9.17, 15) is 4.79 Å². The summed E-state index contributed by atoms with van der Waals surface area (Å²) in [5.74, 6) is 1.43. The summed E-state index contributed by atoms with van der Waals surface area (Å²) in [5, 5.41) is 7.14. The number of rotatable bonds is 4. The fourth-order valence-electron chi connectivity index (χ4n) is 2.34. The molecule has 5 heteroatoms. The third-order valence-corrected chi connectivity index (χ3v) is 4.12. The lowest BCUT2D eigenvalue weighted by molar-refractivity contribution is 0.199. The Morgan fingerprint density at radius 3 is 2.75 bits per heavy atom. The lowest BCUT2D eigenvalue weighted by Crippen LogP contribution is -2.43. The van der Waals surface area contributed by atoms with Crippen molar-refractivity contribution in [3.63, 3.8) is 0 Å². The maximum absolute atomic E-state index is 12.1. The molecule has 0 saturated heterocycles. The van der Waals surface area contributed by atoms with E-state index in [1.807, 2.05) is 6.92 Å². The van der Waals surface area contributed by atoms with Gasteiger partial charge in [0.25, 0.3) is 0 Å². The van der Waals surface area contributed by atoms with Gasteiger partial charge < -0.3 is 14.7 Å². The second-order valence-electron chi connectivity index (χ2n) is 6.08. The van der Waals surface area contributed by atoms with Crippen molar-refractivity contribution in [2.45, 2.75) is 59.0 Å². The minimum Gasteiger partial charge on any atom is -0.361 e. The largest absolute Gasteiger partial charge is 0.361 e. The summed E-state index contributed by atoms with van der Waals surface area (Å²) >= 11 is 0. The lowest BCUT2D eigenvalue weighted by atomic mass is 9.96. The Bertz CT molecular complexity index is 468. The second kappa shape index (κ2) is 6.29. The van der Waals surface area contributed by atoms with Crippen LogP contribution in [0.3, 0.4) is 0 Å². The first kappa shape index (κ1) is 14.9. The maximum atomic E-state index is 12.1. The van der Waals surface area contributed by atoms with Crippen LogP contribution in [-0.2, 0) is 19.4 Å². The van der Waals surface area contributed by atoms with Gasteiger partial charge in [0.05, 0.1) is 6.54 Å². The molecule has 1 aliphatic carbocycles. The number of hydrogen-bond donors (Lipinski definition) is 1. The normalized spacial score (nSPS) is 15.8. The van der Waals surface area contributed by atoms with Gasteiger partial charge in [-0.2, -0.15) is 0 Å². The van der Waals surface area contributed by atoms with Gasteiger partial charge in [-0.1, -0.05) is 19.0 Å². The number of aromatic nitrogens is 1. The summed E-state index contributed by atoms with van der Waals surface area (Å²) in [7, 11) is 1.80. The molecule has 5 nitrogen and oxygen atoms in total. The monoisotopic (exact) mass is 279 g/mol. The summed E-state index contributed by atoms with van der Waals surface area (Å²) < 4.78 is 5.38. The van der Waals surface area contributed by atoms with E-state index in [4.69, 9.17) is 4.52 Å². The van der Waals surface area contributed by atoms with E-state index >= 15 is 0 Å². The number of fused-ring (bicyclic) bond motifs is 1. The van der Waals surface area contributed by atoms with E-state index in [1.54, 1.807) is 11.9 Å². The average Bonchev–Trinajstić information content (AvgIpc) is 2.82. The summed E-state index contributed by atoms with van der Waals surface area (Å²) in [5.41, 5.74) is 2.13. The summed E-state index contributed by atoms with van der Waals surface area (Å²) in [6.45, 7) is 6.72. The van der Waals surface area contributed by atoms with Crippen molar-refractivity contribution in [2.75, 3.05) is 7.05 Å². The molecule has 0 fully saturated rings. The molecule has 20 heavy (non-hydrogen) atoms. The van der Waals surface area contributed by atoms with Crippen LogP contribution in [0.1, 0.15) is 50.6 Å². The third kappa shape index (κ3) is 3.32. The Morgan fingerprint density at radius 1 is 1.35 bits per heavy atom. The summed E-state index contributed by atoms with van der Waals surface area (Å²) in [6, 6.07) is 0.106. The molecular formula is C15H25N3O2. The SMILES string of the molecule is CC(C)[C@@H](C)NC(=O)N(C)Cc1noc2c1CCCC2. The molecule has 2 amide bonds. The Hall–Kier alpha value is -1.52. The van der Waals surface area contributed by atoms with Crippen molar-refractivity contribution in [3.8, 4) is 0 Å². The lowest BCUT2D eigenvalue weighted by Gasteiger charge is -2.23.